The molecule has 0 spiro atoms. The molecule has 2 aromatic heterocycles. The van der Waals surface area contributed by atoms with Crippen molar-refractivity contribution in [1.29, 1.82) is 5.26 Å². The maximum atomic E-state index is 14.3. The number of hydrogen-bond donors (Lipinski definition) is 2. The Morgan fingerprint density at radius 1 is 1.15 bits per heavy atom. The van der Waals surface area contributed by atoms with Crippen LogP contribution < -0.4 is 4.74 Å². The van der Waals surface area contributed by atoms with Crippen molar-refractivity contribution >= 4 is 17.0 Å². The number of nitriles is 1. The Bertz CT molecular complexity index is 1900. The fourth-order valence-corrected chi connectivity index (χ4v) is 5.88. The summed E-state index contributed by atoms with van der Waals surface area (Å²) in [4.78, 5) is 24.1. The Kier molecular flexibility index (Phi) is 9.24. The number of aromatic carboxylic acids is 1. The third kappa shape index (κ3) is 7.61. The van der Waals surface area contributed by atoms with Crippen LogP contribution in [0.15, 0.2) is 48.5 Å². The lowest BCUT2D eigenvalue weighted by molar-refractivity contribution is -0.0592. The van der Waals surface area contributed by atoms with Crippen molar-refractivity contribution in [2.45, 2.75) is 70.4 Å². The van der Waals surface area contributed by atoms with E-state index < -0.39 is 17.4 Å². The highest BCUT2D eigenvalue weighted by molar-refractivity contribution is 5.95. The van der Waals surface area contributed by atoms with Gasteiger partial charge in [-0.25, -0.2) is 19.2 Å². The average Bonchev–Trinajstić information content (AvgIpc) is 3.37. The standard InChI is InChI=1S/C36H36FN5O5/c1-36(2,45)12-8-25-17-27(35(43)44)18-31-34(25)40-32(42(31)20-28-11-15-46-28)21-41-13-9-24(10-14-41)30-4-3-5-33(39-30)47-22-26-7-6-23(19-38)16-29(26)37/h3-7,16-18,24,28,45H,9-11,13-15,20-22H2,1-2H3,(H,43,44)/t28-/m0/s1. The maximum Gasteiger partial charge on any atom is 0.335 e. The van der Waals surface area contributed by atoms with Gasteiger partial charge in [0, 0.05) is 29.8 Å². The Labute approximate surface area is 272 Å². The second-order valence-corrected chi connectivity index (χ2v) is 12.6. The Balaban J connectivity index is 1.17. The van der Waals surface area contributed by atoms with Crippen LogP contribution in [0.4, 0.5) is 4.39 Å². The van der Waals surface area contributed by atoms with Crippen LogP contribution in [0.1, 0.15) is 77.6 Å². The van der Waals surface area contributed by atoms with Crippen LogP contribution in [-0.2, 0) is 24.4 Å². The van der Waals surface area contributed by atoms with Crippen molar-refractivity contribution in [1.82, 2.24) is 19.4 Å². The van der Waals surface area contributed by atoms with Gasteiger partial charge in [-0.2, -0.15) is 5.26 Å². The monoisotopic (exact) mass is 637 g/mol. The predicted molar refractivity (Wildman–Crippen MR) is 171 cm³/mol. The van der Waals surface area contributed by atoms with Crippen molar-refractivity contribution in [2.24, 2.45) is 0 Å². The van der Waals surface area contributed by atoms with Gasteiger partial charge in [-0.1, -0.05) is 24.0 Å². The number of carboxylic acids is 1. The van der Waals surface area contributed by atoms with Gasteiger partial charge >= 0.3 is 5.97 Å². The van der Waals surface area contributed by atoms with Gasteiger partial charge in [0.1, 0.15) is 29.4 Å². The topological polar surface area (TPSA) is 134 Å². The second-order valence-electron chi connectivity index (χ2n) is 12.6. The number of nitrogens with zero attached hydrogens (tertiary/aromatic N) is 5. The lowest BCUT2D eigenvalue weighted by atomic mass is 9.93. The number of carbonyl (C=O) groups is 1. The number of rotatable bonds is 9. The zero-order valence-corrected chi connectivity index (χ0v) is 26.4. The molecule has 2 aliphatic rings. The highest BCUT2D eigenvalue weighted by Crippen LogP contribution is 2.31. The number of carboxylic acid groups (broad SMARTS) is 1. The number of aliphatic hydroxyl groups is 1. The van der Waals surface area contributed by atoms with E-state index in [1.54, 1.807) is 38.1 Å². The van der Waals surface area contributed by atoms with Crippen LogP contribution >= 0.6 is 0 Å². The van der Waals surface area contributed by atoms with E-state index in [0.29, 0.717) is 47.7 Å². The molecule has 11 heteroatoms. The van der Waals surface area contributed by atoms with E-state index in [1.165, 1.54) is 12.1 Å². The third-order valence-electron chi connectivity index (χ3n) is 8.54. The molecule has 0 amide bonds. The molecule has 2 fully saturated rings. The molecule has 242 valence electrons. The SMILES string of the molecule is CC(C)(O)C#Cc1cc(C(=O)O)cc2c1nc(CN1CCC(c3cccc(OCc4ccc(C#N)cc4F)n3)CC1)n2C[C@@H]1CCO1. The normalized spacial score (nSPS) is 17.0. The first kappa shape index (κ1) is 32.1. The van der Waals surface area contributed by atoms with Crippen LogP contribution in [0.25, 0.3) is 11.0 Å². The molecule has 6 rings (SSSR count). The Hall–Kier alpha value is -4.81. The van der Waals surface area contributed by atoms with Gasteiger partial charge in [0.05, 0.1) is 47.5 Å². The number of hydrogen-bond acceptors (Lipinski definition) is 8. The van der Waals surface area contributed by atoms with Crippen molar-refractivity contribution in [3.05, 3.63) is 88.1 Å². The van der Waals surface area contributed by atoms with Gasteiger partial charge < -0.3 is 24.3 Å². The number of halogens is 1. The molecule has 0 saturated carbocycles. The first-order valence-electron chi connectivity index (χ1n) is 15.7. The minimum atomic E-state index is -1.25. The fraction of sp³-hybridized carbons (Fsp3) is 0.389. The zero-order chi connectivity index (χ0) is 33.1. The number of benzene rings is 2. The van der Waals surface area contributed by atoms with E-state index in [4.69, 9.17) is 24.7 Å². The highest BCUT2D eigenvalue weighted by Gasteiger charge is 2.27. The molecule has 2 aliphatic heterocycles. The van der Waals surface area contributed by atoms with Gasteiger partial charge in [-0.15, -0.1) is 0 Å². The molecule has 0 bridgehead atoms. The first-order chi connectivity index (χ1) is 22.6. The summed E-state index contributed by atoms with van der Waals surface area (Å²) < 4.78 is 27.9. The van der Waals surface area contributed by atoms with Gasteiger partial charge in [0.2, 0.25) is 5.88 Å². The summed E-state index contributed by atoms with van der Waals surface area (Å²) in [5, 5.41) is 29.0. The smallest absolute Gasteiger partial charge is 0.335 e. The molecule has 47 heavy (non-hydrogen) atoms. The molecule has 0 radical (unpaired) electrons. The molecular formula is C36H36FN5O5. The van der Waals surface area contributed by atoms with Gasteiger partial charge in [-0.05, 0) is 76.5 Å². The van der Waals surface area contributed by atoms with E-state index in [-0.39, 0.29) is 29.8 Å². The Morgan fingerprint density at radius 3 is 2.60 bits per heavy atom. The highest BCUT2D eigenvalue weighted by atomic mass is 19.1. The number of imidazole rings is 1. The van der Waals surface area contributed by atoms with Crippen LogP contribution in [0.2, 0.25) is 0 Å². The summed E-state index contributed by atoms with van der Waals surface area (Å²) in [6.07, 6.45) is 2.70. The number of pyridine rings is 1. The van der Waals surface area contributed by atoms with Crippen LogP contribution in [0.5, 0.6) is 5.88 Å². The summed E-state index contributed by atoms with van der Waals surface area (Å²) >= 11 is 0. The summed E-state index contributed by atoms with van der Waals surface area (Å²) in [6, 6.07) is 15.0. The largest absolute Gasteiger partial charge is 0.478 e. The summed E-state index contributed by atoms with van der Waals surface area (Å²) in [5.74, 6) is 5.69. The molecule has 4 aromatic rings. The minimum absolute atomic E-state index is 0.0123. The molecular weight excluding hydrogens is 601 g/mol. The van der Waals surface area contributed by atoms with E-state index in [9.17, 15) is 19.4 Å². The van der Waals surface area contributed by atoms with Crippen molar-refractivity contribution in [3.8, 4) is 23.8 Å². The van der Waals surface area contributed by atoms with Crippen molar-refractivity contribution in [3.63, 3.8) is 0 Å². The number of ether oxygens (including phenoxy) is 2. The molecule has 1 atom stereocenters. The lowest BCUT2D eigenvalue weighted by Gasteiger charge is -2.32. The molecule has 4 heterocycles. The molecule has 2 saturated heterocycles. The van der Waals surface area contributed by atoms with Crippen LogP contribution in [0, 0.1) is 29.0 Å². The molecule has 2 N–H and O–H groups in total. The van der Waals surface area contributed by atoms with Gasteiger partial charge in [0.25, 0.3) is 0 Å². The van der Waals surface area contributed by atoms with E-state index in [2.05, 4.69) is 21.3 Å². The number of likely N-dealkylation sites (tertiary alicyclic amines) is 1. The molecule has 0 unspecified atom stereocenters. The van der Waals surface area contributed by atoms with E-state index >= 15 is 0 Å². The third-order valence-corrected chi connectivity index (χ3v) is 8.54. The summed E-state index contributed by atoms with van der Waals surface area (Å²) in [6.45, 7) is 6.63. The molecule has 0 aliphatic carbocycles. The van der Waals surface area contributed by atoms with Crippen LogP contribution in [-0.4, -0.2) is 67.0 Å². The van der Waals surface area contributed by atoms with Gasteiger partial charge in [-0.3, -0.25) is 4.90 Å². The number of fused-ring (bicyclic) bond motifs is 1. The lowest BCUT2D eigenvalue weighted by Crippen LogP contribution is -2.35. The Morgan fingerprint density at radius 2 is 1.94 bits per heavy atom. The predicted octanol–water partition coefficient (Wildman–Crippen LogP) is 5.01. The second kappa shape index (κ2) is 13.5. The van der Waals surface area contributed by atoms with E-state index in [1.807, 2.05) is 18.2 Å². The first-order valence-corrected chi connectivity index (χ1v) is 15.7. The van der Waals surface area contributed by atoms with E-state index in [0.717, 1.165) is 43.9 Å². The summed E-state index contributed by atoms with van der Waals surface area (Å²) in [7, 11) is 0. The van der Waals surface area contributed by atoms with Gasteiger partial charge in [0.15, 0.2) is 0 Å². The summed E-state index contributed by atoms with van der Waals surface area (Å²) in [5.41, 5.74) is 2.17. The quantitative estimate of drug-likeness (QED) is 0.243. The van der Waals surface area contributed by atoms with Crippen LogP contribution in [0.3, 0.4) is 0 Å². The van der Waals surface area contributed by atoms with Crippen molar-refractivity contribution < 1.29 is 28.9 Å². The average molecular weight is 638 g/mol. The van der Waals surface area contributed by atoms with Crippen molar-refractivity contribution in [2.75, 3.05) is 19.7 Å². The number of aromatic nitrogens is 3. The fourth-order valence-electron chi connectivity index (χ4n) is 5.88. The number of piperidine rings is 1. The zero-order valence-electron chi connectivity index (χ0n) is 26.4. The molecule has 2 aromatic carbocycles. The minimum Gasteiger partial charge on any atom is -0.478 e. The molecule has 10 nitrogen and oxygen atoms in total. The maximum absolute atomic E-state index is 14.3.